The Morgan fingerprint density at radius 3 is 1.92 bits per heavy atom. The minimum absolute atomic E-state index is 0.135. The van der Waals surface area contributed by atoms with Crippen LogP contribution in [0, 0.1) is 20.8 Å². The van der Waals surface area contributed by atoms with Gasteiger partial charge in [-0.3, -0.25) is 9.10 Å². The third kappa shape index (κ3) is 5.66. The highest BCUT2D eigenvalue weighted by Crippen LogP contribution is 2.28. The van der Waals surface area contributed by atoms with Gasteiger partial charge >= 0.3 is 0 Å². The summed E-state index contributed by atoms with van der Waals surface area (Å²) >= 11 is 0. The molecule has 1 amide bonds. The number of carbonyl (C=O) groups is 1. The molecule has 1 atom stereocenters. The van der Waals surface area contributed by atoms with Gasteiger partial charge in [0.1, 0.15) is 6.54 Å². The Kier molecular flexibility index (Phi) is 7.55. The molecule has 0 heterocycles. The van der Waals surface area contributed by atoms with Gasteiger partial charge in [0.2, 0.25) is 5.91 Å². The van der Waals surface area contributed by atoms with E-state index in [1.165, 1.54) is 4.31 Å². The molecule has 0 fully saturated rings. The number of anilines is 1. The Hall–Kier alpha value is -3.90. The maximum absolute atomic E-state index is 13.7. The van der Waals surface area contributed by atoms with Gasteiger partial charge in [-0.15, -0.1) is 0 Å². The van der Waals surface area contributed by atoms with Gasteiger partial charge in [0.25, 0.3) is 10.0 Å². The molecular formula is C30H30N2O3S. The number of hydrogen-bond donors (Lipinski definition) is 1. The lowest BCUT2D eigenvalue weighted by atomic mass is 9.98. The number of rotatable bonds is 8. The van der Waals surface area contributed by atoms with Crippen LogP contribution in [-0.2, 0) is 14.8 Å². The van der Waals surface area contributed by atoms with Crippen molar-refractivity contribution >= 4 is 21.6 Å². The summed E-state index contributed by atoms with van der Waals surface area (Å²) in [5.41, 5.74) is 5.22. The molecule has 0 saturated heterocycles. The van der Waals surface area contributed by atoms with Gasteiger partial charge in [0, 0.05) is 0 Å². The predicted molar refractivity (Wildman–Crippen MR) is 144 cm³/mol. The van der Waals surface area contributed by atoms with Crippen molar-refractivity contribution in [2.75, 3.05) is 10.8 Å². The Bertz CT molecular complexity index is 1440. The van der Waals surface area contributed by atoms with Crippen molar-refractivity contribution in [1.29, 1.82) is 0 Å². The average molecular weight is 499 g/mol. The Labute approximate surface area is 213 Å². The number of carbonyl (C=O) groups excluding carboxylic acids is 1. The van der Waals surface area contributed by atoms with Crippen molar-refractivity contribution in [3.63, 3.8) is 0 Å². The SMILES string of the molecule is Cc1ccc([C@@H](NC(=O)CN(c2ccc(C)cc2C)S(=O)(=O)c2ccccc2)c2ccccc2)cc1. The third-order valence-electron chi connectivity index (χ3n) is 6.09. The molecule has 0 aliphatic rings. The summed E-state index contributed by atoms with van der Waals surface area (Å²) in [5, 5.41) is 3.08. The van der Waals surface area contributed by atoms with E-state index in [0.29, 0.717) is 5.69 Å². The van der Waals surface area contributed by atoms with E-state index in [4.69, 9.17) is 0 Å². The minimum atomic E-state index is -3.98. The number of amides is 1. The second-order valence-corrected chi connectivity index (χ2v) is 10.8. The van der Waals surface area contributed by atoms with Crippen LogP contribution >= 0.6 is 0 Å². The van der Waals surface area contributed by atoms with Crippen LogP contribution in [-0.4, -0.2) is 20.9 Å². The molecule has 0 radical (unpaired) electrons. The fraction of sp³-hybridized carbons (Fsp3) is 0.167. The zero-order valence-electron chi connectivity index (χ0n) is 20.7. The number of aryl methyl sites for hydroxylation is 3. The maximum Gasteiger partial charge on any atom is 0.264 e. The Morgan fingerprint density at radius 1 is 0.750 bits per heavy atom. The standard InChI is InChI=1S/C30H30N2O3S/c1-22-14-17-26(18-15-22)30(25-10-6-4-7-11-25)31-29(33)21-32(28-19-16-23(2)20-24(28)3)36(34,35)27-12-8-5-9-13-27/h4-20,30H,21H2,1-3H3,(H,31,33)/t30-/m0/s1. The van der Waals surface area contributed by atoms with Crippen LogP contribution in [0.15, 0.2) is 108 Å². The van der Waals surface area contributed by atoms with E-state index in [1.807, 2.05) is 87.5 Å². The van der Waals surface area contributed by atoms with Gasteiger partial charge in [0.15, 0.2) is 0 Å². The van der Waals surface area contributed by atoms with Gasteiger partial charge in [-0.05, 0) is 55.7 Å². The molecule has 0 aromatic heterocycles. The van der Waals surface area contributed by atoms with Crippen molar-refractivity contribution in [2.45, 2.75) is 31.7 Å². The molecule has 6 heteroatoms. The molecule has 0 aliphatic carbocycles. The second kappa shape index (κ2) is 10.8. The van der Waals surface area contributed by atoms with Crippen molar-refractivity contribution in [1.82, 2.24) is 5.32 Å². The summed E-state index contributed by atoms with van der Waals surface area (Å²) in [5.74, 6) is -0.399. The fourth-order valence-corrected chi connectivity index (χ4v) is 5.71. The Morgan fingerprint density at radius 2 is 1.31 bits per heavy atom. The third-order valence-corrected chi connectivity index (χ3v) is 7.86. The van der Waals surface area contributed by atoms with Crippen molar-refractivity contribution in [2.24, 2.45) is 0 Å². The largest absolute Gasteiger partial charge is 0.344 e. The molecule has 184 valence electrons. The van der Waals surface area contributed by atoms with Crippen LogP contribution in [0.25, 0.3) is 0 Å². The van der Waals surface area contributed by atoms with Crippen LogP contribution in [0.1, 0.15) is 33.9 Å². The van der Waals surface area contributed by atoms with Crippen LogP contribution < -0.4 is 9.62 Å². The maximum atomic E-state index is 13.7. The van der Waals surface area contributed by atoms with Gasteiger partial charge in [-0.25, -0.2) is 8.42 Å². The van der Waals surface area contributed by atoms with E-state index >= 15 is 0 Å². The molecule has 0 spiro atoms. The highest BCUT2D eigenvalue weighted by Gasteiger charge is 2.29. The molecule has 0 bridgehead atoms. The topological polar surface area (TPSA) is 66.5 Å². The summed E-state index contributed by atoms with van der Waals surface area (Å²) in [6.07, 6.45) is 0. The molecule has 0 aliphatic heterocycles. The summed E-state index contributed by atoms with van der Waals surface area (Å²) in [4.78, 5) is 13.6. The van der Waals surface area contributed by atoms with E-state index in [-0.39, 0.29) is 11.4 Å². The van der Waals surface area contributed by atoms with Gasteiger partial charge in [0.05, 0.1) is 16.6 Å². The van der Waals surface area contributed by atoms with Gasteiger partial charge in [-0.1, -0.05) is 96.1 Å². The molecule has 4 rings (SSSR count). The first-order valence-electron chi connectivity index (χ1n) is 11.8. The molecule has 5 nitrogen and oxygen atoms in total. The highest BCUT2D eigenvalue weighted by atomic mass is 32.2. The van der Waals surface area contributed by atoms with Crippen LogP contribution in [0.2, 0.25) is 0 Å². The number of benzene rings is 4. The lowest BCUT2D eigenvalue weighted by molar-refractivity contribution is -0.120. The van der Waals surface area contributed by atoms with Crippen LogP contribution in [0.4, 0.5) is 5.69 Å². The first kappa shape index (κ1) is 25.2. The molecule has 4 aromatic rings. The first-order chi connectivity index (χ1) is 17.3. The molecule has 0 saturated carbocycles. The monoisotopic (exact) mass is 498 g/mol. The molecule has 36 heavy (non-hydrogen) atoms. The van der Waals surface area contributed by atoms with E-state index in [1.54, 1.807) is 36.4 Å². The molecule has 1 N–H and O–H groups in total. The summed E-state index contributed by atoms with van der Waals surface area (Å²) < 4.78 is 28.6. The average Bonchev–Trinajstić information content (AvgIpc) is 2.88. The van der Waals surface area contributed by atoms with Crippen LogP contribution in [0.3, 0.4) is 0 Å². The molecule has 0 unspecified atom stereocenters. The molecular weight excluding hydrogens is 468 g/mol. The van der Waals surface area contributed by atoms with Crippen molar-refractivity contribution in [3.8, 4) is 0 Å². The molecule has 4 aromatic carbocycles. The predicted octanol–water partition coefficient (Wildman–Crippen LogP) is 5.71. The highest BCUT2D eigenvalue weighted by molar-refractivity contribution is 7.92. The number of hydrogen-bond acceptors (Lipinski definition) is 3. The van der Waals surface area contributed by atoms with Crippen LogP contribution in [0.5, 0.6) is 0 Å². The van der Waals surface area contributed by atoms with Crippen molar-refractivity contribution in [3.05, 3.63) is 131 Å². The van der Waals surface area contributed by atoms with E-state index in [0.717, 1.165) is 27.8 Å². The lowest BCUT2D eigenvalue weighted by Crippen LogP contribution is -2.42. The smallest absolute Gasteiger partial charge is 0.264 e. The lowest BCUT2D eigenvalue weighted by Gasteiger charge is -2.27. The Balaban J connectivity index is 1.70. The number of nitrogens with one attached hydrogen (secondary N) is 1. The first-order valence-corrected chi connectivity index (χ1v) is 13.3. The fourth-order valence-electron chi connectivity index (χ4n) is 4.21. The van der Waals surface area contributed by atoms with E-state index in [9.17, 15) is 13.2 Å². The number of sulfonamides is 1. The quantitative estimate of drug-likeness (QED) is 0.338. The van der Waals surface area contributed by atoms with E-state index in [2.05, 4.69) is 5.32 Å². The van der Waals surface area contributed by atoms with Gasteiger partial charge < -0.3 is 5.32 Å². The number of nitrogens with zero attached hydrogens (tertiary/aromatic N) is 1. The zero-order valence-corrected chi connectivity index (χ0v) is 21.5. The summed E-state index contributed by atoms with van der Waals surface area (Å²) in [6.45, 7) is 5.46. The normalized spacial score (nSPS) is 12.1. The zero-order chi connectivity index (χ0) is 25.7. The minimum Gasteiger partial charge on any atom is -0.344 e. The van der Waals surface area contributed by atoms with E-state index < -0.39 is 22.0 Å². The summed E-state index contributed by atoms with van der Waals surface area (Å²) in [6, 6.07) is 30.9. The second-order valence-electron chi connectivity index (χ2n) is 8.94. The van der Waals surface area contributed by atoms with Crippen molar-refractivity contribution < 1.29 is 13.2 Å². The van der Waals surface area contributed by atoms with Gasteiger partial charge in [-0.2, -0.15) is 0 Å². The summed E-state index contributed by atoms with van der Waals surface area (Å²) in [7, 11) is -3.98.